The van der Waals surface area contributed by atoms with Gasteiger partial charge in [-0.3, -0.25) is 4.79 Å². The van der Waals surface area contributed by atoms with Gasteiger partial charge in [0.25, 0.3) is 5.56 Å². The Morgan fingerprint density at radius 1 is 1.08 bits per heavy atom. The van der Waals surface area contributed by atoms with Gasteiger partial charge in [0.15, 0.2) is 0 Å². The highest BCUT2D eigenvalue weighted by molar-refractivity contribution is 7.99. The first-order valence-electron chi connectivity index (χ1n) is 8.16. The lowest BCUT2D eigenvalue weighted by atomic mass is 10.0. The molecule has 1 heterocycles. The summed E-state index contributed by atoms with van der Waals surface area (Å²) in [6.45, 7) is 12.3. The van der Waals surface area contributed by atoms with E-state index in [4.69, 9.17) is 11.6 Å². The Balaban J connectivity index is 2.25. The molecule has 1 aromatic heterocycles. The summed E-state index contributed by atoms with van der Waals surface area (Å²) >= 11 is 7.87. The van der Waals surface area contributed by atoms with Crippen molar-refractivity contribution in [3.63, 3.8) is 0 Å². The third-order valence-electron chi connectivity index (χ3n) is 3.90. The van der Waals surface area contributed by atoms with Gasteiger partial charge in [0.1, 0.15) is 5.02 Å². The zero-order valence-corrected chi connectivity index (χ0v) is 16.7. The average molecular weight is 365 g/mol. The summed E-state index contributed by atoms with van der Waals surface area (Å²) in [4.78, 5) is 13.2. The second kappa shape index (κ2) is 7.32. The molecule has 5 heteroatoms. The molecule has 0 aliphatic heterocycles. The monoisotopic (exact) mass is 364 g/mol. The molecule has 0 saturated heterocycles. The van der Waals surface area contributed by atoms with Crippen molar-refractivity contribution in [2.75, 3.05) is 0 Å². The first-order chi connectivity index (χ1) is 11.1. The van der Waals surface area contributed by atoms with E-state index in [9.17, 15) is 4.79 Å². The molecule has 130 valence electrons. The standard InChI is InChI=1S/C19H25ClN2OS/c1-12(2)14-7-9-15(10-8-14)13(3)24-16-11-21-22(19(4,5)6)18(23)17(16)20/h7-13H,1-6H3. The van der Waals surface area contributed by atoms with Crippen molar-refractivity contribution in [3.8, 4) is 0 Å². The van der Waals surface area contributed by atoms with Gasteiger partial charge in [0.2, 0.25) is 0 Å². The number of halogens is 1. The smallest absolute Gasteiger partial charge is 0.266 e. The lowest BCUT2D eigenvalue weighted by molar-refractivity contribution is 0.336. The summed E-state index contributed by atoms with van der Waals surface area (Å²) in [6.07, 6.45) is 1.69. The average Bonchev–Trinajstić information content (AvgIpc) is 2.50. The molecule has 0 fully saturated rings. The first-order valence-corrected chi connectivity index (χ1v) is 9.42. The summed E-state index contributed by atoms with van der Waals surface area (Å²) in [6, 6.07) is 8.61. The number of aromatic nitrogens is 2. The Morgan fingerprint density at radius 3 is 2.12 bits per heavy atom. The summed E-state index contributed by atoms with van der Waals surface area (Å²) < 4.78 is 1.43. The lowest BCUT2D eigenvalue weighted by Gasteiger charge is -2.21. The van der Waals surface area contributed by atoms with E-state index in [0.717, 1.165) is 4.90 Å². The second-order valence-corrected chi connectivity index (χ2v) is 9.05. The molecule has 2 aromatic rings. The summed E-state index contributed by atoms with van der Waals surface area (Å²) in [5.41, 5.74) is 1.91. The summed E-state index contributed by atoms with van der Waals surface area (Å²) in [7, 11) is 0. The van der Waals surface area contributed by atoms with Crippen LogP contribution in [-0.4, -0.2) is 9.78 Å². The quantitative estimate of drug-likeness (QED) is 0.659. The van der Waals surface area contributed by atoms with Gasteiger partial charge < -0.3 is 0 Å². The Kier molecular flexibility index (Phi) is 5.82. The second-order valence-electron chi connectivity index (χ2n) is 7.29. The van der Waals surface area contributed by atoms with Crippen molar-refractivity contribution in [3.05, 3.63) is 57.0 Å². The van der Waals surface area contributed by atoms with Crippen LogP contribution in [0.15, 0.2) is 40.2 Å². The first kappa shape index (κ1) is 19.1. The molecule has 0 radical (unpaired) electrons. The minimum absolute atomic E-state index is 0.190. The molecular formula is C19H25ClN2OS. The number of rotatable bonds is 4. The van der Waals surface area contributed by atoms with E-state index in [1.165, 1.54) is 15.8 Å². The fourth-order valence-electron chi connectivity index (χ4n) is 2.39. The fourth-order valence-corrected chi connectivity index (χ4v) is 3.62. The minimum atomic E-state index is -0.387. The van der Waals surface area contributed by atoms with E-state index >= 15 is 0 Å². The van der Waals surface area contributed by atoms with Gasteiger partial charge in [0.05, 0.1) is 16.6 Å². The molecule has 1 unspecified atom stereocenters. The van der Waals surface area contributed by atoms with Crippen LogP contribution in [0.1, 0.15) is 63.8 Å². The SMILES string of the molecule is CC(C)c1ccc(C(C)Sc2cnn(C(C)(C)C)c(=O)c2Cl)cc1. The molecule has 0 amide bonds. The van der Waals surface area contributed by atoms with Crippen molar-refractivity contribution in [2.45, 2.75) is 63.1 Å². The third-order valence-corrected chi connectivity index (χ3v) is 5.57. The summed E-state index contributed by atoms with van der Waals surface area (Å²) in [5, 5.41) is 4.73. The van der Waals surface area contributed by atoms with Crippen molar-refractivity contribution >= 4 is 23.4 Å². The van der Waals surface area contributed by atoms with E-state index in [1.54, 1.807) is 18.0 Å². The molecule has 2 rings (SSSR count). The maximum Gasteiger partial charge on any atom is 0.287 e. The minimum Gasteiger partial charge on any atom is -0.266 e. The third kappa shape index (κ3) is 4.22. The summed E-state index contributed by atoms with van der Waals surface area (Å²) in [5.74, 6) is 0.519. The van der Waals surface area contributed by atoms with Gasteiger partial charge in [-0.1, -0.05) is 49.7 Å². The Morgan fingerprint density at radius 2 is 1.62 bits per heavy atom. The topological polar surface area (TPSA) is 34.9 Å². The molecule has 0 N–H and O–H groups in total. The zero-order valence-electron chi connectivity index (χ0n) is 15.1. The highest BCUT2D eigenvalue weighted by Gasteiger charge is 2.20. The van der Waals surface area contributed by atoms with Gasteiger partial charge >= 0.3 is 0 Å². The van der Waals surface area contributed by atoms with Crippen molar-refractivity contribution in [1.29, 1.82) is 0 Å². The van der Waals surface area contributed by atoms with Crippen molar-refractivity contribution < 1.29 is 0 Å². The van der Waals surface area contributed by atoms with Crippen LogP contribution in [0.4, 0.5) is 0 Å². The molecule has 0 aliphatic rings. The molecule has 0 spiro atoms. The number of nitrogens with zero attached hydrogens (tertiary/aromatic N) is 2. The normalized spacial score (nSPS) is 13.3. The van der Waals surface area contributed by atoms with Gasteiger partial charge in [0, 0.05) is 5.25 Å². The predicted octanol–water partition coefficient (Wildman–Crippen LogP) is 5.63. The van der Waals surface area contributed by atoms with Crippen LogP contribution < -0.4 is 5.56 Å². The number of hydrogen-bond acceptors (Lipinski definition) is 3. The highest BCUT2D eigenvalue weighted by atomic mass is 35.5. The van der Waals surface area contributed by atoms with E-state index in [0.29, 0.717) is 5.92 Å². The van der Waals surface area contributed by atoms with Crippen LogP contribution in [0, 0.1) is 0 Å². The molecule has 0 bridgehead atoms. The van der Waals surface area contributed by atoms with Gasteiger partial charge in [-0.25, -0.2) is 4.68 Å². The van der Waals surface area contributed by atoms with Crippen LogP contribution in [0.2, 0.25) is 5.02 Å². The molecule has 1 aromatic carbocycles. The predicted molar refractivity (Wildman–Crippen MR) is 103 cm³/mol. The van der Waals surface area contributed by atoms with Crippen molar-refractivity contribution in [2.24, 2.45) is 0 Å². The van der Waals surface area contributed by atoms with Gasteiger partial charge in [-0.15, -0.1) is 11.8 Å². The van der Waals surface area contributed by atoms with Crippen LogP contribution in [0.25, 0.3) is 0 Å². The molecular weight excluding hydrogens is 340 g/mol. The van der Waals surface area contributed by atoms with Crippen LogP contribution in [-0.2, 0) is 5.54 Å². The van der Waals surface area contributed by atoms with E-state index in [2.05, 4.69) is 50.1 Å². The Bertz CT molecular complexity index is 760. The molecule has 1 atom stereocenters. The number of thioether (sulfide) groups is 1. The zero-order chi connectivity index (χ0) is 18.1. The maximum absolute atomic E-state index is 12.4. The fraction of sp³-hybridized carbons (Fsp3) is 0.474. The van der Waals surface area contributed by atoms with Gasteiger partial charge in [-0.05, 0) is 44.7 Å². The van der Waals surface area contributed by atoms with E-state index in [-0.39, 0.29) is 21.4 Å². The van der Waals surface area contributed by atoms with E-state index < -0.39 is 0 Å². The lowest BCUT2D eigenvalue weighted by Crippen LogP contribution is -2.36. The highest BCUT2D eigenvalue weighted by Crippen LogP contribution is 2.37. The molecule has 3 nitrogen and oxygen atoms in total. The molecule has 24 heavy (non-hydrogen) atoms. The van der Waals surface area contributed by atoms with Crippen LogP contribution in [0.3, 0.4) is 0 Å². The number of benzene rings is 1. The largest absolute Gasteiger partial charge is 0.287 e. The maximum atomic E-state index is 12.4. The van der Waals surface area contributed by atoms with E-state index in [1.807, 2.05) is 20.8 Å². The van der Waals surface area contributed by atoms with Crippen molar-refractivity contribution in [1.82, 2.24) is 9.78 Å². The Hall–Kier alpha value is -1.26. The van der Waals surface area contributed by atoms with Gasteiger partial charge in [-0.2, -0.15) is 5.10 Å². The van der Waals surface area contributed by atoms with Crippen LogP contribution in [0.5, 0.6) is 0 Å². The molecule has 0 aliphatic carbocycles. The van der Waals surface area contributed by atoms with Crippen LogP contribution >= 0.6 is 23.4 Å². The number of hydrogen-bond donors (Lipinski definition) is 0. The molecule has 0 saturated carbocycles. The Labute approximate surface area is 153 Å².